The molecule has 1 atom stereocenters. The molecule has 0 aliphatic carbocycles. The van der Waals surface area contributed by atoms with Gasteiger partial charge < -0.3 is 10.1 Å². The number of hydrogen-bond acceptors (Lipinski definition) is 5. The number of carbonyl (C=O) groups excluding carboxylic acids is 2. The number of aromatic nitrogens is 3. The van der Waals surface area contributed by atoms with E-state index in [0.717, 1.165) is 40.8 Å². The second kappa shape index (κ2) is 13.0. The zero-order chi connectivity index (χ0) is 31.6. The predicted octanol–water partition coefficient (Wildman–Crippen LogP) is 8.12. The average Bonchev–Trinajstić information content (AvgIpc) is 3.22. The molecule has 0 radical (unpaired) electrons. The maximum absolute atomic E-state index is 13.3. The molecule has 0 fully saturated rings. The summed E-state index contributed by atoms with van der Waals surface area (Å²) in [7, 11) is -0.137. The van der Waals surface area contributed by atoms with Crippen molar-refractivity contribution < 1.29 is 14.3 Å². The lowest BCUT2D eigenvalue weighted by Crippen LogP contribution is -2.45. The Morgan fingerprint density at radius 1 is 0.976 bits per heavy atom. The lowest BCUT2D eigenvalue weighted by molar-refractivity contribution is -0.120. The second-order valence-corrected chi connectivity index (χ2v) is 19.7. The first-order valence-electron chi connectivity index (χ1n) is 15.2. The fraction of sp³-hybridized carbons (Fsp3) is 0.576. The standard InChI is InChI=1S/C33H51N5O3Si/c1-21(2)42(22(3)4,23(5)6)20-18-27-26(30-24(7)34-29-15-13-14-19-38(29)30)16-17-28(35-27)36-31(39)25(8)37(12)32(40)41-33(9,10)11/h13-17,19,21-23,25H,18,20H2,1-12H3,(H,35,36,39). The van der Waals surface area contributed by atoms with Gasteiger partial charge in [0.1, 0.15) is 23.1 Å². The van der Waals surface area contributed by atoms with E-state index in [9.17, 15) is 9.59 Å². The van der Waals surface area contributed by atoms with Crippen molar-refractivity contribution in [3.63, 3.8) is 0 Å². The summed E-state index contributed by atoms with van der Waals surface area (Å²) >= 11 is 0. The number of nitrogens with one attached hydrogen (secondary N) is 1. The van der Waals surface area contributed by atoms with Gasteiger partial charge in [-0.15, -0.1) is 0 Å². The van der Waals surface area contributed by atoms with Gasteiger partial charge in [-0.3, -0.25) is 14.1 Å². The second-order valence-electron chi connectivity index (χ2n) is 13.5. The van der Waals surface area contributed by atoms with Gasteiger partial charge in [0.25, 0.3) is 0 Å². The largest absolute Gasteiger partial charge is 0.444 e. The summed E-state index contributed by atoms with van der Waals surface area (Å²) in [4.78, 5) is 37.0. The first-order valence-corrected chi connectivity index (χ1v) is 17.6. The number of amides is 2. The Bertz CT molecular complexity index is 1380. The number of likely N-dealkylation sites (N-methyl/N-ethyl adjacent to an activating group) is 1. The zero-order valence-electron chi connectivity index (χ0n) is 27.7. The van der Waals surface area contributed by atoms with Crippen molar-refractivity contribution in [1.29, 1.82) is 0 Å². The molecule has 8 nitrogen and oxygen atoms in total. The molecular formula is C33H51N5O3Si. The van der Waals surface area contributed by atoms with E-state index in [1.54, 1.807) is 34.7 Å². The number of anilines is 1. The van der Waals surface area contributed by atoms with Gasteiger partial charge in [0.2, 0.25) is 5.91 Å². The van der Waals surface area contributed by atoms with E-state index in [4.69, 9.17) is 14.7 Å². The van der Waals surface area contributed by atoms with Crippen molar-refractivity contribution in [1.82, 2.24) is 19.3 Å². The molecule has 0 saturated carbocycles. The molecule has 3 rings (SSSR count). The third kappa shape index (κ3) is 7.05. The summed E-state index contributed by atoms with van der Waals surface area (Å²) < 4.78 is 7.57. The molecule has 3 heterocycles. The minimum Gasteiger partial charge on any atom is -0.444 e. The number of fused-ring (bicyclic) bond motifs is 1. The summed E-state index contributed by atoms with van der Waals surface area (Å²) in [5, 5.41) is 2.96. The fourth-order valence-corrected chi connectivity index (χ4v) is 12.9. The van der Waals surface area contributed by atoms with Crippen LogP contribution in [0.15, 0.2) is 36.5 Å². The summed E-state index contributed by atoms with van der Waals surface area (Å²) in [6, 6.07) is 10.3. The van der Waals surface area contributed by atoms with Crippen LogP contribution in [0.5, 0.6) is 0 Å². The quantitative estimate of drug-likeness (QED) is 0.240. The van der Waals surface area contributed by atoms with Gasteiger partial charge in [0.05, 0.1) is 25.2 Å². The lowest BCUT2D eigenvalue weighted by Gasteiger charge is -2.43. The Hall–Kier alpha value is -3.20. The molecule has 1 N–H and O–H groups in total. The minimum atomic E-state index is -1.71. The first-order chi connectivity index (χ1) is 19.5. The fourth-order valence-electron chi connectivity index (χ4n) is 6.51. The van der Waals surface area contributed by atoms with Gasteiger partial charge in [-0.2, -0.15) is 0 Å². The van der Waals surface area contributed by atoms with Crippen LogP contribution >= 0.6 is 0 Å². The molecule has 230 valence electrons. The molecule has 0 bridgehead atoms. The maximum Gasteiger partial charge on any atom is 0.410 e. The topological polar surface area (TPSA) is 88.8 Å². The van der Waals surface area contributed by atoms with Gasteiger partial charge in [0.15, 0.2) is 0 Å². The molecule has 3 aromatic heterocycles. The Balaban J connectivity index is 2.02. The van der Waals surface area contributed by atoms with Crippen LogP contribution in [0, 0.1) is 6.92 Å². The Morgan fingerprint density at radius 2 is 1.60 bits per heavy atom. The number of ether oxygens (including phenoxy) is 1. The van der Waals surface area contributed by atoms with E-state index in [1.807, 2.05) is 43.5 Å². The summed E-state index contributed by atoms with van der Waals surface area (Å²) in [5.41, 5.74) is 6.08. The Morgan fingerprint density at radius 3 is 2.17 bits per heavy atom. The van der Waals surface area contributed by atoms with Crippen LogP contribution in [-0.2, 0) is 16.0 Å². The molecule has 0 spiro atoms. The summed E-state index contributed by atoms with van der Waals surface area (Å²) in [6.45, 7) is 23.4. The van der Waals surface area contributed by atoms with Crippen LogP contribution in [0.4, 0.5) is 10.6 Å². The SMILES string of the molecule is Cc1nc2ccccn2c1-c1ccc(NC(=O)C(C)N(C)C(=O)OC(C)(C)C)nc1CC[Si](C(C)C)(C(C)C)C(C)C. The zero-order valence-corrected chi connectivity index (χ0v) is 28.7. The van der Waals surface area contributed by atoms with Crippen LogP contribution < -0.4 is 5.32 Å². The maximum atomic E-state index is 13.3. The number of aryl methyl sites for hydroxylation is 2. The normalized spacial score (nSPS) is 13.2. The number of carbonyl (C=O) groups is 2. The molecule has 42 heavy (non-hydrogen) atoms. The van der Waals surface area contributed by atoms with Crippen LogP contribution in [0.3, 0.4) is 0 Å². The van der Waals surface area contributed by atoms with Crippen molar-refractivity contribution in [2.45, 2.75) is 117 Å². The van der Waals surface area contributed by atoms with E-state index in [2.05, 4.69) is 51.3 Å². The van der Waals surface area contributed by atoms with E-state index in [-0.39, 0.29) is 5.91 Å². The lowest BCUT2D eigenvalue weighted by atomic mass is 10.1. The van der Waals surface area contributed by atoms with Crippen LogP contribution in [0.25, 0.3) is 16.9 Å². The van der Waals surface area contributed by atoms with Gasteiger partial charge in [-0.05, 0) is 65.3 Å². The van der Waals surface area contributed by atoms with E-state index in [0.29, 0.717) is 22.4 Å². The Kier molecular flexibility index (Phi) is 10.3. The van der Waals surface area contributed by atoms with E-state index < -0.39 is 25.8 Å². The molecule has 3 aromatic rings. The number of pyridine rings is 2. The highest BCUT2D eigenvalue weighted by atomic mass is 28.3. The smallest absolute Gasteiger partial charge is 0.410 e. The molecule has 0 aromatic carbocycles. The van der Waals surface area contributed by atoms with Crippen LogP contribution in [0.2, 0.25) is 22.7 Å². The van der Waals surface area contributed by atoms with Crippen molar-refractivity contribution >= 4 is 31.5 Å². The first kappa shape index (κ1) is 33.3. The van der Waals surface area contributed by atoms with Gasteiger partial charge >= 0.3 is 6.09 Å². The van der Waals surface area contributed by atoms with Crippen molar-refractivity contribution in [3.8, 4) is 11.3 Å². The highest BCUT2D eigenvalue weighted by molar-refractivity contribution is 6.83. The third-order valence-corrected chi connectivity index (χ3v) is 16.4. The van der Waals surface area contributed by atoms with Crippen LogP contribution in [0.1, 0.15) is 80.6 Å². The van der Waals surface area contributed by atoms with E-state index >= 15 is 0 Å². The molecule has 2 amide bonds. The molecular weight excluding hydrogens is 542 g/mol. The molecule has 1 unspecified atom stereocenters. The molecule has 9 heteroatoms. The molecule has 0 saturated heterocycles. The van der Waals surface area contributed by atoms with Crippen LogP contribution in [-0.4, -0.2) is 58.0 Å². The Labute approximate surface area is 253 Å². The number of hydrogen-bond donors (Lipinski definition) is 1. The summed E-state index contributed by atoms with van der Waals surface area (Å²) in [6.07, 6.45) is 2.30. The van der Waals surface area contributed by atoms with E-state index in [1.165, 1.54) is 4.90 Å². The van der Waals surface area contributed by atoms with Gasteiger partial charge in [-0.25, -0.2) is 14.8 Å². The number of nitrogens with zero attached hydrogens (tertiary/aromatic N) is 4. The number of imidazole rings is 1. The van der Waals surface area contributed by atoms with Gasteiger partial charge in [0, 0.05) is 18.8 Å². The monoisotopic (exact) mass is 593 g/mol. The highest BCUT2D eigenvalue weighted by Crippen LogP contribution is 2.45. The average molecular weight is 594 g/mol. The summed E-state index contributed by atoms with van der Waals surface area (Å²) in [5.74, 6) is 0.149. The molecule has 0 aliphatic rings. The van der Waals surface area contributed by atoms with Gasteiger partial charge in [-0.1, -0.05) is 70.3 Å². The third-order valence-electron chi connectivity index (χ3n) is 8.85. The highest BCUT2D eigenvalue weighted by Gasteiger charge is 2.42. The molecule has 0 aliphatic heterocycles. The van der Waals surface area contributed by atoms with Crippen molar-refractivity contribution in [2.24, 2.45) is 0 Å². The predicted molar refractivity (Wildman–Crippen MR) is 175 cm³/mol. The van der Waals surface area contributed by atoms with Crippen molar-refractivity contribution in [2.75, 3.05) is 12.4 Å². The number of rotatable bonds is 10. The van der Waals surface area contributed by atoms with Crippen molar-refractivity contribution in [3.05, 3.63) is 47.9 Å². The minimum absolute atomic E-state index is 0.323.